The number of hydrogen-bond donors (Lipinski definition) is 0. The predicted molar refractivity (Wildman–Crippen MR) is 104 cm³/mol. The Balaban J connectivity index is 1.56. The average Bonchev–Trinajstić information content (AvgIpc) is 3.08. The smallest absolute Gasteiger partial charge is 0.374 e. The second-order valence-electron chi connectivity index (χ2n) is 9.14. The number of ether oxygens (including phenoxy) is 4. The number of carbonyl (C=O) groups is 3. The minimum atomic E-state index is -0.791. The standard InChI is InChI=1S/C22H25NO8/c1-10-15-13-8-11(20(25)28-13)16(23(3)4)17(30-21(26)12-6-5-7-27-12)18-22(2,31-18)9-14(15)29-19(10)24/h5-8,10,13-18H,9H2,1-4H3/t10?,13-,14+,15+,16+,17-,18+,22+/m1/s1. The van der Waals surface area contributed by atoms with Gasteiger partial charge in [0.05, 0.1) is 29.4 Å². The third-order valence-corrected chi connectivity index (χ3v) is 6.85. The minimum Gasteiger partial charge on any atom is -0.462 e. The first kappa shape index (κ1) is 20.3. The first-order valence-corrected chi connectivity index (χ1v) is 10.4. The van der Waals surface area contributed by atoms with Crippen LogP contribution in [-0.4, -0.2) is 73.0 Å². The molecule has 8 atom stereocenters. The van der Waals surface area contributed by atoms with E-state index in [1.165, 1.54) is 12.3 Å². The zero-order chi connectivity index (χ0) is 22.1. The summed E-state index contributed by atoms with van der Waals surface area (Å²) >= 11 is 0. The molecule has 4 aliphatic rings. The second kappa shape index (κ2) is 6.93. The maximum absolute atomic E-state index is 12.9. The second-order valence-corrected chi connectivity index (χ2v) is 9.14. The van der Waals surface area contributed by atoms with Crippen molar-refractivity contribution in [3.8, 4) is 0 Å². The fourth-order valence-electron chi connectivity index (χ4n) is 5.22. The summed E-state index contributed by atoms with van der Waals surface area (Å²) in [5, 5.41) is 0. The molecule has 4 heterocycles. The van der Waals surface area contributed by atoms with Crippen molar-refractivity contribution in [2.24, 2.45) is 11.8 Å². The summed E-state index contributed by atoms with van der Waals surface area (Å²) in [6, 6.07) is 2.53. The van der Waals surface area contributed by atoms with Crippen molar-refractivity contribution in [2.75, 3.05) is 14.1 Å². The number of fused-ring (bicyclic) bond motifs is 4. The van der Waals surface area contributed by atoms with Crippen molar-refractivity contribution >= 4 is 17.9 Å². The van der Waals surface area contributed by atoms with E-state index in [0.29, 0.717) is 12.0 Å². The number of epoxide rings is 1. The molecule has 0 N–H and O–H groups in total. The van der Waals surface area contributed by atoms with Crippen LogP contribution in [0.5, 0.6) is 0 Å². The number of nitrogens with zero attached hydrogens (tertiary/aromatic N) is 1. The number of esters is 3. The summed E-state index contributed by atoms with van der Waals surface area (Å²) in [6.07, 6.45) is 1.25. The maximum Gasteiger partial charge on any atom is 0.374 e. The molecule has 31 heavy (non-hydrogen) atoms. The molecule has 9 nitrogen and oxygen atoms in total. The lowest BCUT2D eigenvalue weighted by Crippen LogP contribution is -2.49. The Morgan fingerprint density at radius 1 is 1.26 bits per heavy atom. The summed E-state index contributed by atoms with van der Waals surface area (Å²) in [5.74, 6) is -2.06. The van der Waals surface area contributed by atoms with Gasteiger partial charge >= 0.3 is 17.9 Å². The molecule has 0 spiro atoms. The molecule has 9 heteroatoms. The Morgan fingerprint density at radius 3 is 2.71 bits per heavy atom. The molecule has 1 aromatic heterocycles. The molecule has 0 radical (unpaired) electrons. The van der Waals surface area contributed by atoms with E-state index in [-0.39, 0.29) is 17.6 Å². The van der Waals surface area contributed by atoms with Crippen LogP contribution in [0.3, 0.4) is 0 Å². The van der Waals surface area contributed by atoms with Gasteiger partial charge in [0.25, 0.3) is 0 Å². The van der Waals surface area contributed by atoms with Gasteiger partial charge in [0.15, 0.2) is 6.10 Å². The molecule has 2 bridgehead atoms. The van der Waals surface area contributed by atoms with Crippen molar-refractivity contribution in [2.45, 2.75) is 56.3 Å². The minimum absolute atomic E-state index is 0.0661. The first-order valence-electron chi connectivity index (χ1n) is 10.4. The molecule has 2 fully saturated rings. The van der Waals surface area contributed by atoms with Gasteiger partial charge < -0.3 is 23.4 Å². The molecule has 0 aromatic carbocycles. The summed E-state index contributed by atoms with van der Waals surface area (Å²) < 4.78 is 28.4. The lowest BCUT2D eigenvalue weighted by atomic mass is 9.79. The van der Waals surface area contributed by atoms with E-state index >= 15 is 0 Å². The van der Waals surface area contributed by atoms with Crippen molar-refractivity contribution in [3.05, 3.63) is 35.8 Å². The van der Waals surface area contributed by atoms with E-state index in [1.807, 2.05) is 11.8 Å². The molecular formula is C22H25NO8. The number of rotatable bonds is 3. The third-order valence-electron chi connectivity index (χ3n) is 6.85. The van der Waals surface area contributed by atoms with E-state index in [9.17, 15) is 14.4 Å². The fraction of sp³-hybridized carbons (Fsp3) is 0.591. The Hall–Kier alpha value is -2.65. The van der Waals surface area contributed by atoms with E-state index in [0.717, 1.165) is 0 Å². The summed E-state index contributed by atoms with van der Waals surface area (Å²) in [4.78, 5) is 39.8. The van der Waals surface area contributed by atoms with Crippen LogP contribution in [0, 0.1) is 11.8 Å². The normalized spacial score (nSPS) is 41.1. The van der Waals surface area contributed by atoms with Gasteiger partial charge in [-0.3, -0.25) is 9.69 Å². The van der Waals surface area contributed by atoms with Gasteiger partial charge in [-0.2, -0.15) is 0 Å². The molecule has 2 saturated heterocycles. The zero-order valence-electron chi connectivity index (χ0n) is 17.8. The quantitative estimate of drug-likeness (QED) is 0.398. The predicted octanol–water partition coefficient (Wildman–Crippen LogP) is 1.33. The zero-order valence-corrected chi connectivity index (χ0v) is 17.8. The van der Waals surface area contributed by atoms with Gasteiger partial charge in [-0.1, -0.05) is 6.92 Å². The number of carbonyl (C=O) groups excluding carboxylic acids is 3. The highest BCUT2D eigenvalue weighted by molar-refractivity contribution is 5.93. The molecule has 0 amide bonds. The van der Waals surface area contributed by atoms with Crippen LogP contribution in [0.4, 0.5) is 0 Å². The number of hydrogen-bond acceptors (Lipinski definition) is 9. The van der Waals surface area contributed by atoms with Gasteiger partial charge in [0.1, 0.15) is 18.3 Å². The van der Waals surface area contributed by atoms with E-state index in [4.69, 9.17) is 23.4 Å². The van der Waals surface area contributed by atoms with Gasteiger partial charge in [0, 0.05) is 12.3 Å². The maximum atomic E-state index is 12.9. The van der Waals surface area contributed by atoms with Gasteiger partial charge in [-0.05, 0) is 39.2 Å². The van der Waals surface area contributed by atoms with Gasteiger partial charge in [0.2, 0.25) is 5.76 Å². The molecule has 1 unspecified atom stereocenters. The highest BCUT2D eigenvalue weighted by Crippen LogP contribution is 2.51. The molecule has 1 aliphatic carbocycles. The first-order chi connectivity index (χ1) is 14.7. The Kier molecular flexibility index (Phi) is 4.53. The van der Waals surface area contributed by atoms with Crippen LogP contribution in [0.15, 0.2) is 34.5 Å². The molecule has 1 aromatic rings. The van der Waals surface area contributed by atoms with Crippen molar-refractivity contribution < 1.29 is 37.7 Å². The van der Waals surface area contributed by atoms with E-state index < -0.39 is 53.9 Å². The van der Waals surface area contributed by atoms with Gasteiger partial charge in [-0.15, -0.1) is 0 Å². The highest BCUT2D eigenvalue weighted by Gasteiger charge is 2.65. The van der Waals surface area contributed by atoms with Crippen LogP contribution in [0.1, 0.15) is 30.8 Å². The molecule has 3 aliphatic heterocycles. The highest BCUT2D eigenvalue weighted by atomic mass is 16.7. The summed E-state index contributed by atoms with van der Waals surface area (Å²) in [6.45, 7) is 3.70. The molecule has 166 valence electrons. The topological polar surface area (TPSA) is 108 Å². The van der Waals surface area contributed by atoms with Gasteiger partial charge in [-0.25, -0.2) is 9.59 Å². The van der Waals surface area contributed by atoms with Crippen LogP contribution in [0.25, 0.3) is 0 Å². The van der Waals surface area contributed by atoms with Crippen molar-refractivity contribution in [3.63, 3.8) is 0 Å². The molecular weight excluding hydrogens is 406 g/mol. The van der Waals surface area contributed by atoms with Crippen LogP contribution in [0.2, 0.25) is 0 Å². The SMILES string of the molecule is CC1C(=O)O[C@H]2C[C@]3(C)O[C@H]3[C@H](OC(=O)c3ccco3)[C@@H](N(C)C)C3=C[C@@H](OC3=O)[C@H]12. The monoisotopic (exact) mass is 431 g/mol. The van der Waals surface area contributed by atoms with Crippen molar-refractivity contribution in [1.29, 1.82) is 0 Å². The summed E-state index contributed by atoms with van der Waals surface area (Å²) in [7, 11) is 3.61. The summed E-state index contributed by atoms with van der Waals surface area (Å²) in [5.41, 5.74) is -0.284. The number of likely N-dealkylation sites (N-methyl/N-ethyl adjacent to an activating group) is 1. The van der Waals surface area contributed by atoms with Crippen molar-refractivity contribution in [1.82, 2.24) is 4.90 Å². The molecule has 0 saturated carbocycles. The van der Waals surface area contributed by atoms with Crippen LogP contribution >= 0.6 is 0 Å². The Bertz CT molecular complexity index is 953. The average molecular weight is 431 g/mol. The van der Waals surface area contributed by atoms with E-state index in [1.54, 1.807) is 33.2 Å². The third kappa shape index (κ3) is 3.18. The number of furan rings is 1. The van der Waals surface area contributed by atoms with Crippen LogP contribution in [-0.2, 0) is 28.5 Å². The Labute approximate surface area is 179 Å². The largest absolute Gasteiger partial charge is 0.462 e. The van der Waals surface area contributed by atoms with Crippen LogP contribution < -0.4 is 0 Å². The van der Waals surface area contributed by atoms with E-state index in [2.05, 4.69) is 0 Å². The molecule has 5 rings (SSSR count). The fourth-order valence-corrected chi connectivity index (χ4v) is 5.22. The lowest BCUT2D eigenvalue weighted by Gasteiger charge is -2.32. The Morgan fingerprint density at radius 2 is 2.03 bits per heavy atom. The lowest BCUT2D eigenvalue weighted by molar-refractivity contribution is -0.144.